The number of rotatable bonds is 4. The Kier molecular flexibility index (Phi) is 4.01. The van der Waals surface area contributed by atoms with Gasteiger partial charge in [-0.25, -0.2) is 8.42 Å². The third kappa shape index (κ3) is 3.10. The molecule has 0 aliphatic rings. The zero-order valence-corrected chi connectivity index (χ0v) is 12.9. The first-order valence-corrected chi connectivity index (χ1v) is 8.11. The van der Waals surface area contributed by atoms with Crippen LogP contribution in [0.15, 0.2) is 23.4 Å². The van der Waals surface area contributed by atoms with Crippen LogP contribution >= 0.6 is 10.7 Å². The molecule has 0 spiro atoms. The van der Waals surface area contributed by atoms with Gasteiger partial charge in [0.05, 0.1) is 4.90 Å². The number of aryl methyl sites for hydroxylation is 3. The lowest BCUT2D eigenvalue weighted by Crippen LogP contribution is -2.05. The Morgan fingerprint density at radius 1 is 1.30 bits per heavy atom. The van der Waals surface area contributed by atoms with E-state index in [0.29, 0.717) is 22.7 Å². The molecule has 2 aromatic rings. The summed E-state index contributed by atoms with van der Waals surface area (Å²) in [5.74, 6) is 1.30. The number of hydrogen-bond donors (Lipinski definition) is 0. The van der Waals surface area contributed by atoms with E-state index in [2.05, 4.69) is 10.2 Å². The van der Waals surface area contributed by atoms with Crippen molar-refractivity contribution in [1.82, 2.24) is 14.8 Å². The predicted octanol–water partition coefficient (Wildman–Crippen LogP) is 1.94. The highest BCUT2D eigenvalue weighted by atomic mass is 35.7. The number of hydrogen-bond acceptors (Lipinski definition) is 5. The molecule has 0 unspecified atom stereocenters. The highest BCUT2D eigenvalue weighted by molar-refractivity contribution is 8.13. The van der Waals surface area contributed by atoms with E-state index in [1.807, 2.05) is 7.05 Å². The smallest absolute Gasteiger partial charge is 0.261 e. The molecule has 6 nitrogen and oxygen atoms in total. The van der Waals surface area contributed by atoms with E-state index in [1.54, 1.807) is 24.7 Å². The SMILES string of the molecule is Cc1cc(S(=O)(=O)Cl)cc(C)c1OCc1nncn1C. The summed E-state index contributed by atoms with van der Waals surface area (Å²) < 4.78 is 30.1. The largest absolute Gasteiger partial charge is 0.485 e. The zero-order chi connectivity index (χ0) is 14.9. The summed E-state index contributed by atoms with van der Waals surface area (Å²) in [4.78, 5) is 0.0696. The average Bonchev–Trinajstić information content (AvgIpc) is 2.72. The van der Waals surface area contributed by atoms with E-state index in [0.717, 1.165) is 0 Å². The van der Waals surface area contributed by atoms with Crippen LogP contribution in [0.2, 0.25) is 0 Å². The Morgan fingerprint density at radius 3 is 2.35 bits per heavy atom. The molecule has 108 valence electrons. The second-order valence-corrected chi connectivity index (χ2v) is 7.04. The van der Waals surface area contributed by atoms with Crippen molar-refractivity contribution in [1.29, 1.82) is 0 Å². The van der Waals surface area contributed by atoms with Crippen LogP contribution < -0.4 is 4.74 Å². The quantitative estimate of drug-likeness (QED) is 0.806. The number of benzene rings is 1. The summed E-state index contributed by atoms with van der Waals surface area (Å²) in [5.41, 5.74) is 1.40. The van der Waals surface area contributed by atoms with E-state index in [4.69, 9.17) is 15.4 Å². The van der Waals surface area contributed by atoms with Gasteiger partial charge in [-0.2, -0.15) is 0 Å². The summed E-state index contributed by atoms with van der Waals surface area (Å²) >= 11 is 0. The monoisotopic (exact) mass is 315 g/mol. The Labute approximate surface area is 121 Å². The van der Waals surface area contributed by atoms with Crippen molar-refractivity contribution in [3.63, 3.8) is 0 Å². The van der Waals surface area contributed by atoms with Gasteiger partial charge in [0.15, 0.2) is 5.82 Å². The van der Waals surface area contributed by atoms with Crippen molar-refractivity contribution in [2.75, 3.05) is 0 Å². The van der Waals surface area contributed by atoms with E-state index in [-0.39, 0.29) is 11.5 Å². The van der Waals surface area contributed by atoms with Gasteiger partial charge in [0.2, 0.25) is 0 Å². The van der Waals surface area contributed by atoms with Crippen LogP contribution in [-0.4, -0.2) is 23.2 Å². The first-order chi connectivity index (χ1) is 9.29. The fourth-order valence-electron chi connectivity index (χ4n) is 1.85. The van der Waals surface area contributed by atoms with Gasteiger partial charge in [0.25, 0.3) is 9.05 Å². The number of aromatic nitrogens is 3. The second-order valence-electron chi connectivity index (χ2n) is 4.47. The molecule has 0 saturated heterocycles. The van der Waals surface area contributed by atoms with E-state index in [9.17, 15) is 8.42 Å². The van der Waals surface area contributed by atoms with E-state index in [1.165, 1.54) is 12.1 Å². The lowest BCUT2D eigenvalue weighted by molar-refractivity contribution is 0.287. The lowest BCUT2D eigenvalue weighted by Gasteiger charge is -2.12. The lowest BCUT2D eigenvalue weighted by atomic mass is 10.1. The predicted molar refractivity (Wildman–Crippen MR) is 74.3 cm³/mol. The molecule has 20 heavy (non-hydrogen) atoms. The number of ether oxygens (including phenoxy) is 1. The first kappa shape index (κ1) is 14.8. The maximum absolute atomic E-state index is 11.3. The topological polar surface area (TPSA) is 74.1 Å². The number of nitrogens with zero attached hydrogens (tertiary/aromatic N) is 3. The van der Waals surface area contributed by atoms with Gasteiger partial charge in [-0.15, -0.1) is 10.2 Å². The normalized spacial score (nSPS) is 11.6. The maximum Gasteiger partial charge on any atom is 0.261 e. The van der Waals surface area contributed by atoms with E-state index >= 15 is 0 Å². The van der Waals surface area contributed by atoms with Crippen LogP contribution in [0.3, 0.4) is 0 Å². The molecule has 1 heterocycles. The molecule has 2 rings (SSSR count). The molecule has 0 fully saturated rings. The van der Waals surface area contributed by atoms with Gasteiger partial charge in [-0.3, -0.25) is 0 Å². The van der Waals surface area contributed by atoms with Crippen molar-refractivity contribution in [2.24, 2.45) is 7.05 Å². The Bertz CT molecular complexity index is 717. The van der Waals surface area contributed by atoms with E-state index < -0.39 is 9.05 Å². The van der Waals surface area contributed by atoms with Crippen molar-refractivity contribution < 1.29 is 13.2 Å². The molecule has 0 N–H and O–H groups in total. The average molecular weight is 316 g/mol. The molecule has 0 saturated carbocycles. The molecular weight excluding hydrogens is 302 g/mol. The Balaban J connectivity index is 2.27. The Hall–Kier alpha value is -1.60. The van der Waals surface area contributed by atoms with Gasteiger partial charge < -0.3 is 9.30 Å². The standard InChI is InChI=1S/C12H14ClN3O3S/c1-8-4-10(20(13,17)18)5-9(2)12(8)19-6-11-15-14-7-16(11)3/h4-5,7H,6H2,1-3H3. The summed E-state index contributed by atoms with van der Waals surface area (Å²) in [6, 6.07) is 2.97. The zero-order valence-electron chi connectivity index (χ0n) is 11.3. The molecule has 8 heteroatoms. The minimum Gasteiger partial charge on any atom is -0.485 e. The molecule has 0 bridgehead atoms. The molecule has 0 aliphatic carbocycles. The van der Waals surface area contributed by atoms with Crippen molar-refractivity contribution in [2.45, 2.75) is 25.3 Å². The Morgan fingerprint density at radius 2 is 1.90 bits per heavy atom. The molecule has 0 atom stereocenters. The molecule has 1 aromatic heterocycles. The van der Waals surface area contributed by atoms with Gasteiger partial charge >= 0.3 is 0 Å². The third-order valence-corrected chi connectivity index (χ3v) is 4.20. The fourth-order valence-corrected chi connectivity index (χ4v) is 2.76. The summed E-state index contributed by atoms with van der Waals surface area (Å²) in [6.07, 6.45) is 1.58. The summed E-state index contributed by atoms with van der Waals surface area (Å²) in [7, 11) is 3.43. The van der Waals surface area contributed by atoms with Crippen molar-refractivity contribution in [3.05, 3.63) is 35.4 Å². The van der Waals surface area contributed by atoms with Crippen LogP contribution in [0.1, 0.15) is 17.0 Å². The van der Waals surface area contributed by atoms with Gasteiger partial charge in [-0.05, 0) is 37.1 Å². The summed E-state index contributed by atoms with van der Waals surface area (Å²) in [5, 5.41) is 7.68. The van der Waals surface area contributed by atoms with Crippen LogP contribution in [0, 0.1) is 13.8 Å². The van der Waals surface area contributed by atoms with Crippen molar-refractivity contribution in [3.8, 4) is 5.75 Å². The minimum atomic E-state index is -3.74. The molecule has 0 radical (unpaired) electrons. The third-order valence-electron chi connectivity index (χ3n) is 2.87. The maximum atomic E-state index is 11.3. The van der Waals surface area contributed by atoms with Gasteiger partial charge in [0, 0.05) is 17.7 Å². The van der Waals surface area contributed by atoms with Gasteiger partial charge in [-0.1, -0.05) is 0 Å². The van der Waals surface area contributed by atoms with Crippen LogP contribution in [0.4, 0.5) is 0 Å². The molecule has 0 amide bonds. The van der Waals surface area contributed by atoms with Crippen LogP contribution in [0.25, 0.3) is 0 Å². The summed E-state index contributed by atoms with van der Waals surface area (Å²) in [6.45, 7) is 3.79. The highest BCUT2D eigenvalue weighted by Crippen LogP contribution is 2.28. The first-order valence-electron chi connectivity index (χ1n) is 5.80. The van der Waals surface area contributed by atoms with Crippen LogP contribution in [-0.2, 0) is 22.7 Å². The minimum absolute atomic E-state index is 0.0696. The fraction of sp³-hybridized carbons (Fsp3) is 0.333. The second kappa shape index (κ2) is 5.41. The van der Waals surface area contributed by atoms with Crippen LogP contribution in [0.5, 0.6) is 5.75 Å². The van der Waals surface area contributed by atoms with Crippen molar-refractivity contribution >= 4 is 19.7 Å². The highest BCUT2D eigenvalue weighted by Gasteiger charge is 2.15. The molecule has 1 aromatic carbocycles. The molecule has 0 aliphatic heterocycles. The van der Waals surface area contributed by atoms with Gasteiger partial charge in [0.1, 0.15) is 18.7 Å². The number of halogens is 1. The molecular formula is C12H14ClN3O3S.